The monoisotopic (exact) mass is 272 g/mol. The predicted molar refractivity (Wildman–Crippen MR) is 72.9 cm³/mol. The summed E-state index contributed by atoms with van der Waals surface area (Å²) in [7, 11) is 0. The molecule has 0 heterocycles. The Hall–Kier alpha value is -2.74. The van der Waals surface area contributed by atoms with Crippen molar-refractivity contribution in [3.05, 3.63) is 53.3 Å². The van der Waals surface area contributed by atoms with Crippen molar-refractivity contribution in [3.8, 4) is 17.6 Å². The second kappa shape index (κ2) is 5.49. The number of nitrogens with zero attached hydrogens (tertiary/aromatic N) is 1. The van der Waals surface area contributed by atoms with E-state index in [2.05, 4.69) is 5.32 Å². The zero-order valence-corrected chi connectivity index (χ0v) is 10.8. The number of rotatable bonds is 3. The van der Waals surface area contributed by atoms with Gasteiger partial charge >= 0.3 is 0 Å². The Bertz CT molecular complexity index is 680. The van der Waals surface area contributed by atoms with Crippen molar-refractivity contribution >= 4 is 5.69 Å². The van der Waals surface area contributed by atoms with Crippen LogP contribution in [0.1, 0.15) is 24.1 Å². The van der Waals surface area contributed by atoms with Gasteiger partial charge in [0.25, 0.3) is 0 Å². The Morgan fingerprint density at radius 2 is 1.95 bits per heavy atom. The molecule has 1 atom stereocenters. The van der Waals surface area contributed by atoms with Crippen LogP contribution < -0.4 is 5.32 Å². The number of aromatic hydroxyl groups is 2. The third-order valence-corrected chi connectivity index (χ3v) is 2.95. The Morgan fingerprint density at radius 1 is 1.20 bits per heavy atom. The zero-order chi connectivity index (χ0) is 14.7. The molecule has 0 amide bonds. The summed E-state index contributed by atoms with van der Waals surface area (Å²) in [4.78, 5) is 0. The highest BCUT2D eigenvalue weighted by Crippen LogP contribution is 2.30. The van der Waals surface area contributed by atoms with Gasteiger partial charge < -0.3 is 15.5 Å². The van der Waals surface area contributed by atoms with Crippen molar-refractivity contribution in [3.63, 3.8) is 0 Å². The zero-order valence-electron chi connectivity index (χ0n) is 10.8. The first-order chi connectivity index (χ1) is 9.51. The molecule has 20 heavy (non-hydrogen) atoms. The van der Waals surface area contributed by atoms with Gasteiger partial charge in [0.1, 0.15) is 23.4 Å². The average molecular weight is 272 g/mol. The Labute approximate surface area is 115 Å². The molecule has 0 radical (unpaired) electrons. The van der Waals surface area contributed by atoms with Crippen LogP contribution in [-0.2, 0) is 0 Å². The fraction of sp³-hybridized carbons (Fsp3) is 0.133. The van der Waals surface area contributed by atoms with Crippen molar-refractivity contribution in [2.75, 3.05) is 5.32 Å². The standard InChI is InChI=1S/C15H13FN2O2/c1-9(13-7-12(19)3-5-15(13)20)18-11-2-4-14(16)10(6-11)8-17/h2-7,9,18-20H,1H3. The second-order valence-corrected chi connectivity index (χ2v) is 4.42. The molecule has 0 spiro atoms. The SMILES string of the molecule is CC(Nc1ccc(F)c(C#N)c1)c1cc(O)ccc1O. The topological polar surface area (TPSA) is 76.3 Å². The molecular formula is C15H13FN2O2. The molecule has 2 rings (SSSR count). The van der Waals surface area contributed by atoms with Crippen LogP contribution in [-0.4, -0.2) is 10.2 Å². The summed E-state index contributed by atoms with van der Waals surface area (Å²) in [5.41, 5.74) is 1.01. The lowest BCUT2D eigenvalue weighted by atomic mass is 10.1. The van der Waals surface area contributed by atoms with Crippen LogP contribution in [0.25, 0.3) is 0 Å². The minimum absolute atomic E-state index is 0.0447. The molecule has 2 aromatic rings. The van der Waals surface area contributed by atoms with Crippen LogP contribution in [0.3, 0.4) is 0 Å². The van der Waals surface area contributed by atoms with Crippen LogP contribution in [0.4, 0.5) is 10.1 Å². The molecule has 0 saturated carbocycles. The van der Waals surface area contributed by atoms with E-state index in [1.165, 1.54) is 36.4 Å². The normalized spacial score (nSPS) is 11.7. The summed E-state index contributed by atoms with van der Waals surface area (Å²) in [6.07, 6.45) is 0. The number of hydrogen-bond acceptors (Lipinski definition) is 4. The summed E-state index contributed by atoms with van der Waals surface area (Å²) >= 11 is 0. The maximum absolute atomic E-state index is 13.2. The highest BCUT2D eigenvalue weighted by atomic mass is 19.1. The van der Waals surface area contributed by atoms with E-state index < -0.39 is 5.82 Å². The van der Waals surface area contributed by atoms with E-state index >= 15 is 0 Å². The van der Waals surface area contributed by atoms with Gasteiger partial charge in [0.05, 0.1) is 11.6 Å². The molecule has 5 heteroatoms. The molecule has 3 N–H and O–H groups in total. The lowest BCUT2D eigenvalue weighted by Crippen LogP contribution is -2.07. The van der Waals surface area contributed by atoms with Crippen LogP contribution in [0, 0.1) is 17.1 Å². The maximum atomic E-state index is 13.2. The first-order valence-corrected chi connectivity index (χ1v) is 5.99. The number of halogens is 1. The van der Waals surface area contributed by atoms with Gasteiger partial charge in [0, 0.05) is 11.3 Å². The quantitative estimate of drug-likeness (QED) is 0.749. The van der Waals surface area contributed by atoms with Crippen molar-refractivity contribution in [1.29, 1.82) is 5.26 Å². The van der Waals surface area contributed by atoms with Gasteiger partial charge in [-0.15, -0.1) is 0 Å². The van der Waals surface area contributed by atoms with E-state index in [4.69, 9.17) is 5.26 Å². The fourth-order valence-corrected chi connectivity index (χ4v) is 1.92. The molecule has 4 nitrogen and oxygen atoms in total. The van der Waals surface area contributed by atoms with E-state index in [9.17, 15) is 14.6 Å². The van der Waals surface area contributed by atoms with Crippen LogP contribution in [0.5, 0.6) is 11.5 Å². The summed E-state index contributed by atoms with van der Waals surface area (Å²) < 4.78 is 13.2. The molecule has 0 fully saturated rings. The molecule has 0 aliphatic rings. The Kier molecular flexibility index (Phi) is 3.76. The third kappa shape index (κ3) is 2.81. The number of phenolic OH excluding ortho intramolecular Hbond substituents is 2. The van der Waals surface area contributed by atoms with Gasteiger partial charge in [0.2, 0.25) is 0 Å². The summed E-state index contributed by atoms with van der Waals surface area (Å²) in [6.45, 7) is 1.78. The number of hydrogen-bond donors (Lipinski definition) is 3. The fourth-order valence-electron chi connectivity index (χ4n) is 1.92. The molecular weight excluding hydrogens is 259 g/mol. The second-order valence-electron chi connectivity index (χ2n) is 4.42. The molecule has 1 unspecified atom stereocenters. The van der Waals surface area contributed by atoms with Gasteiger partial charge in [-0.1, -0.05) is 0 Å². The van der Waals surface area contributed by atoms with Gasteiger partial charge in [-0.25, -0.2) is 4.39 Å². The molecule has 0 bridgehead atoms. The largest absolute Gasteiger partial charge is 0.508 e. The van der Waals surface area contributed by atoms with E-state index in [1.807, 2.05) is 0 Å². The lowest BCUT2D eigenvalue weighted by molar-refractivity contribution is 0.451. The van der Waals surface area contributed by atoms with E-state index in [0.717, 1.165) is 0 Å². The summed E-state index contributed by atoms with van der Waals surface area (Å²) in [5, 5.41) is 31.0. The summed E-state index contributed by atoms with van der Waals surface area (Å²) in [6, 6.07) is 9.78. The molecule has 0 saturated heterocycles. The van der Waals surface area contributed by atoms with Crippen molar-refractivity contribution in [2.45, 2.75) is 13.0 Å². The molecule has 102 valence electrons. The van der Waals surface area contributed by atoms with Crippen LogP contribution in [0.2, 0.25) is 0 Å². The number of nitrogens with one attached hydrogen (secondary N) is 1. The van der Waals surface area contributed by atoms with E-state index in [0.29, 0.717) is 11.3 Å². The van der Waals surface area contributed by atoms with Crippen LogP contribution in [0.15, 0.2) is 36.4 Å². The number of benzene rings is 2. The predicted octanol–water partition coefficient (Wildman–Crippen LogP) is 3.28. The number of nitriles is 1. The first kappa shape index (κ1) is 13.7. The Morgan fingerprint density at radius 3 is 2.65 bits per heavy atom. The van der Waals surface area contributed by atoms with Gasteiger partial charge in [-0.05, 0) is 43.3 Å². The molecule has 0 aliphatic carbocycles. The van der Waals surface area contributed by atoms with Gasteiger partial charge in [0.15, 0.2) is 0 Å². The minimum atomic E-state index is -0.578. The Balaban J connectivity index is 2.26. The smallest absolute Gasteiger partial charge is 0.141 e. The first-order valence-electron chi connectivity index (χ1n) is 5.99. The number of anilines is 1. The molecule has 0 aromatic heterocycles. The van der Waals surface area contributed by atoms with Crippen molar-refractivity contribution in [1.82, 2.24) is 0 Å². The maximum Gasteiger partial charge on any atom is 0.141 e. The van der Waals surface area contributed by atoms with Crippen molar-refractivity contribution < 1.29 is 14.6 Å². The minimum Gasteiger partial charge on any atom is -0.508 e. The van der Waals surface area contributed by atoms with E-state index in [-0.39, 0.29) is 23.1 Å². The molecule has 2 aromatic carbocycles. The third-order valence-electron chi connectivity index (χ3n) is 2.95. The van der Waals surface area contributed by atoms with Crippen molar-refractivity contribution in [2.24, 2.45) is 0 Å². The summed E-state index contributed by atoms with van der Waals surface area (Å²) in [5.74, 6) is -0.486. The molecule has 0 aliphatic heterocycles. The lowest BCUT2D eigenvalue weighted by Gasteiger charge is -2.17. The number of phenols is 2. The van der Waals surface area contributed by atoms with Crippen LogP contribution >= 0.6 is 0 Å². The van der Waals surface area contributed by atoms with E-state index in [1.54, 1.807) is 13.0 Å². The average Bonchev–Trinajstić information content (AvgIpc) is 2.43. The van der Waals surface area contributed by atoms with Gasteiger partial charge in [-0.2, -0.15) is 5.26 Å². The highest BCUT2D eigenvalue weighted by Gasteiger charge is 2.12. The highest BCUT2D eigenvalue weighted by molar-refractivity contribution is 5.52. The van der Waals surface area contributed by atoms with Gasteiger partial charge in [-0.3, -0.25) is 0 Å².